The van der Waals surface area contributed by atoms with Gasteiger partial charge in [-0.3, -0.25) is 4.68 Å². The summed E-state index contributed by atoms with van der Waals surface area (Å²) in [6.45, 7) is 3.94. The van der Waals surface area contributed by atoms with E-state index in [4.69, 9.17) is 4.74 Å². The van der Waals surface area contributed by atoms with E-state index in [0.29, 0.717) is 12.1 Å². The molecule has 0 saturated carbocycles. The Kier molecular flexibility index (Phi) is 3.96. The van der Waals surface area contributed by atoms with Crippen LogP contribution in [0.15, 0.2) is 12.3 Å². The third-order valence-corrected chi connectivity index (χ3v) is 3.16. The van der Waals surface area contributed by atoms with Gasteiger partial charge in [0, 0.05) is 32.4 Å². The van der Waals surface area contributed by atoms with Crippen molar-refractivity contribution in [2.24, 2.45) is 7.05 Å². The normalized spacial score (nSPS) is 25.9. The van der Waals surface area contributed by atoms with Gasteiger partial charge in [-0.15, -0.1) is 0 Å². The van der Waals surface area contributed by atoms with Crippen molar-refractivity contribution in [2.45, 2.75) is 44.9 Å². The standard InChI is InChI=1S/C12H21N3O/c1-3-12-8-10(5-7-16-12)13-9-11-4-6-15(2)14-11/h4,6,10,12-13H,3,5,7-9H2,1-2H3. The highest BCUT2D eigenvalue weighted by atomic mass is 16.5. The van der Waals surface area contributed by atoms with Crippen LogP contribution < -0.4 is 5.32 Å². The lowest BCUT2D eigenvalue weighted by atomic mass is 10.0. The SMILES string of the molecule is CCC1CC(NCc2ccn(C)n2)CCO1. The molecule has 2 heterocycles. The van der Waals surface area contributed by atoms with Crippen LogP contribution in [0.3, 0.4) is 0 Å². The molecule has 4 heteroatoms. The maximum atomic E-state index is 5.65. The number of hydrogen-bond donors (Lipinski definition) is 1. The molecule has 1 saturated heterocycles. The maximum Gasteiger partial charge on any atom is 0.0762 e. The quantitative estimate of drug-likeness (QED) is 0.840. The summed E-state index contributed by atoms with van der Waals surface area (Å²) < 4.78 is 7.50. The van der Waals surface area contributed by atoms with Crippen LogP contribution in [-0.2, 0) is 18.3 Å². The minimum absolute atomic E-state index is 0.440. The zero-order chi connectivity index (χ0) is 11.4. The van der Waals surface area contributed by atoms with Crippen molar-refractivity contribution in [2.75, 3.05) is 6.61 Å². The molecule has 2 rings (SSSR count). The highest BCUT2D eigenvalue weighted by molar-refractivity contribution is 4.98. The summed E-state index contributed by atoms with van der Waals surface area (Å²) in [7, 11) is 1.95. The third-order valence-electron chi connectivity index (χ3n) is 3.16. The van der Waals surface area contributed by atoms with Crippen molar-refractivity contribution >= 4 is 0 Å². The first-order valence-corrected chi connectivity index (χ1v) is 6.11. The van der Waals surface area contributed by atoms with Crippen LogP contribution in [0.25, 0.3) is 0 Å². The van der Waals surface area contributed by atoms with E-state index in [2.05, 4.69) is 23.4 Å². The second-order valence-corrected chi connectivity index (χ2v) is 4.48. The van der Waals surface area contributed by atoms with Crippen molar-refractivity contribution in [3.05, 3.63) is 18.0 Å². The van der Waals surface area contributed by atoms with Gasteiger partial charge in [0.05, 0.1) is 11.8 Å². The Balaban J connectivity index is 1.77. The van der Waals surface area contributed by atoms with E-state index in [-0.39, 0.29) is 0 Å². The second kappa shape index (κ2) is 5.46. The van der Waals surface area contributed by atoms with E-state index in [1.165, 1.54) is 0 Å². The van der Waals surface area contributed by atoms with Gasteiger partial charge in [0.1, 0.15) is 0 Å². The molecule has 1 aliphatic rings. The van der Waals surface area contributed by atoms with Crippen molar-refractivity contribution in [1.82, 2.24) is 15.1 Å². The molecule has 1 N–H and O–H groups in total. The van der Waals surface area contributed by atoms with E-state index in [1.54, 1.807) is 0 Å². The van der Waals surface area contributed by atoms with E-state index in [0.717, 1.165) is 38.1 Å². The molecule has 16 heavy (non-hydrogen) atoms. The van der Waals surface area contributed by atoms with Gasteiger partial charge in [0.25, 0.3) is 0 Å². The van der Waals surface area contributed by atoms with Crippen molar-refractivity contribution in [1.29, 1.82) is 0 Å². The average Bonchev–Trinajstić information content (AvgIpc) is 2.73. The van der Waals surface area contributed by atoms with Crippen LogP contribution >= 0.6 is 0 Å². The number of rotatable bonds is 4. The topological polar surface area (TPSA) is 39.1 Å². The van der Waals surface area contributed by atoms with Crippen molar-refractivity contribution in [3.8, 4) is 0 Å². The molecular formula is C12H21N3O. The lowest BCUT2D eigenvalue weighted by Crippen LogP contribution is -2.38. The molecule has 90 valence electrons. The Labute approximate surface area is 97.0 Å². The Bertz CT molecular complexity index is 324. The summed E-state index contributed by atoms with van der Waals surface area (Å²) in [5.74, 6) is 0. The molecule has 0 amide bonds. The largest absolute Gasteiger partial charge is 0.378 e. The highest BCUT2D eigenvalue weighted by Crippen LogP contribution is 2.16. The predicted octanol–water partition coefficient (Wildman–Crippen LogP) is 1.47. The average molecular weight is 223 g/mol. The monoisotopic (exact) mass is 223 g/mol. The summed E-state index contributed by atoms with van der Waals surface area (Å²) in [4.78, 5) is 0. The van der Waals surface area contributed by atoms with Crippen LogP contribution in [0, 0.1) is 0 Å². The summed E-state index contributed by atoms with van der Waals surface area (Å²) >= 11 is 0. The lowest BCUT2D eigenvalue weighted by molar-refractivity contribution is -0.000375. The minimum atomic E-state index is 0.440. The zero-order valence-electron chi connectivity index (χ0n) is 10.1. The third kappa shape index (κ3) is 3.06. The van der Waals surface area contributed by atoms with Gasteiger partial charge < -0.3 is 10.1 Å². The van der Waals surface area contributed by atoms with Crippen LogP contribution in [0.4, 0.5) is 0 Å². The molecule has 1 aromatic rings. The Morgan fingerprint density at radius 3 is 3.19 bits per heavy atom. The second-order valence-electron chi connectivity index (χ2n) is 4.48. The number of hydrogen-bond acceptors (Lipinski definition) is 3. The first kappa shape index (κ1) is 11.6. The highest BCUT2D eigenvalue weighted by Gasteiger charge is 2.20. The van der Waals surface area contributed by atoms with Crippen LogP contribution in [0.2, 0.25) is 0 Å². The molecule has 0 aromatic carbocycles. The molecule has 1 aromatic heterocycles. The number of aromatic nitrogens is 2. The van der Waals surface area contributed by atoms with E-state index in [9.17, 15) is 0 Å². The molecule has 0 spiro atoms. The molecule has 1 fully saturated rings. The first-order valence-electron chi connectivity index (χ1n) is 6.11. The van der Waals surface area contributed by atoms with Gasteiger partial charge in [-0.2, -0.15) is 5.10 Å². The Morgan fingerprint density at radius 2 is 2.50 bits per heavy atom. The number of nitrogens with one attached hydrogen (secondary N) is 1. The Morgan fingerprint density at radius 1 is 1.62 bits per heavy atom. The Hall–Kier alpha value is -0.870. The summed E-state index contributed by atoms with van der Waals surface area (Å²) in [6, 6.07) is 2.64. The summed E-state index contributed by atoms with van der Waals surface area (Å²) in [6.07, 6.45) is 5.78. The fourth-order valence-electron chi connectivity index (χ4n) is 2.16. The van der Waals surface area contributed by atoms with Gasteiger partial charge in [0.15, 0.2) is 0 Å². The van der Waals surface area contributed by atoms with Crippen molar-refractivity contribution < 1.29 is 4.74 Å². The molecule has 0 bridgehead atoms. The summed E-state index contributed by atoms with van der Waals surface area (Å²) in [5, 5.41) is 7.92. The van der Waals surface area contributed by atoms with Crippen LogP contribution in [0.1, 0.15) is 31.9 Å². The molecule has 2 atom stereocenters. The molecule has 0 radical (unpaired) electrons. The number of nitrogens with zero attached hydrogens (tertiary/aromatic N) is 2. The van der Waals surface area contributed by atoms with Gasteiger partial charge in [-0.05, 0) is 25.3 Å². The van der Waals surface area contributed by atoms with Gasteiger partial charge in [-0.25, -0.2) is 0 Å². The number of ether oxygens (including phenoxy) is 1. The molecule has 1 aliphatic heterocycles. The fourth-order valence-corrected chi connectivity index (χ4v) is 2.16. The van der Waals surface area contributed by atoms with Crippen LogP contribution in [0.5, 0.6) is 0 Å². The predicted molar refractivity (Wildman–Crippen MR) is 63.1 cm³/mol. The van der Waals surface area contributed by atoms with E-state index in [1.807, 2.05) is 17.9 Å². The lowest BCUT2D eigenvalue weighted by Gasteiger charge is -2.29. The summed E-state index contributed by atoms with van der Waals surface area (Å²) in [5.41, 5.74) is 1.11. The molecule has 4 nitrogen and oxygen atoms in total. The number of aryl methyl sites for hydroxylation is 1. The van der Waals surface area contributed by atoms with Gasteiger partial charge in [-0.1, -0.05) is 6.92 Å². The maximum absolute atomic E-state index is 5.65. The fraction of sp³-hybridized carbons (Fsp3) is 0.750. The molecule has 2 unspecified atom stereocenters. The van der Waals surface area contributed by atoms with E-state index < -0.39 is 0 Å². The smallest absolute Gasteiger partial charge is 0.0762 e. The van der Waals surface area contributed by atoms with Crippen molar-refractivity contribution in [3.63, 3.8) is 0 Å². The molecule has 0 aliphatic carbocycles. The minimum Gasteiger partial charge on any atom is -0.378 e. The first-order chi connectivity index (χ1) is 7.78. The zero-order valence-corrected chi connectivity index (χ0v) is 10.1. The van der Waals surface area contributed by atoms with Crippen LogP contribution in [-0.4, -0.2) is 28.5 Å². The molecular weight excluding hydrogens is 202 g/mol. The van der Waals surface area contributed by atoms with Gasteiger partial charge in [0.2, 0.25) is 0 Å². The van der Waals surface area contributed by atoms with E-state index >= 15 is 0 Å². The van der Waals surface area contributed by atoms with Gasteiger partial charge >= 0.3 is 0 Å².